The highest BCUT2D eigenvalue weighted by Gasteiger charge is 2.21. The van der Waals surface area contributed by atoms with Gasteiger partial charge >= 0.3 is 0 Å². The van der Waals surface area contributed by atoms with E-state index in [0.717, 1.165) is 37.7 Å². The first-order valence-electron chi connectivity index (χ1n) is 8.39. The quantitative estimate of drug-likeness (QED) is 0.389. The van der Waals surface area contributed by atoms with E-state index in [1.54, 1.807) is 11.3 Å². The molecule has 130 valence electrons. The molecule has 0 spiro atoms. The molecule has 2 aromatic rings. The van der Waals surface area contributed by atoms with Crippen LogP contribution in [0.3, 0.4) is 0 Å². The van der Waals surface area contributed by atoms with E-state index in [0.29, 0.717) is 0 Å². The Bertz CT molecular complexity index is 606. The molecule has 0 aliphatic heterocycles. The molecule has 24 heavy (non-hydrogen) atoms. The van der Waals surface area contributed by atoms with E-state index in [9.17, 15) is 0 Å². The fourth-order valence-corrected chi connectivity index (χ4v) is 3.21. The Labute approximate surface area is 149 Å². The number of para-hydroxylation sites is 1. The molecular formula is C19H28N4S. The van der Waals surface area contributed by atoms with Gasteiger partial charge < -0.3 is 16.0 Å². The summed E-state index contributed by atoms with van der Waals surface area (Å²) in [5.74, 6) is 0.861. The zero-order chi connectivity index (χ0) is 17.3. The Morgan fingerprint density at radius 1 is 1.04 bits per heavy atom. The lowest BCUT2D eigenvalue weighted by molar-refractivity contribution is 0.518. The fourth-order valence-electron chi connectivity index (χ4n) is 2.36. The molecule has 5 heteroatoms. The van der Waals surface area contributed by atoms with Crippen molar-refractivity contribution in [2.75, 3.05) is 32.0 Å². The molecule has 0 atom stereocenters. The van der Waals surface area contributed by atoms with E-state index >= 15 is 0 Å². The van der Waals surface area contributed by atoms with Crippen LogP contribution in [0.5, 0.6) is 0 Å². The average Bonchev–Trinajstić information content (AvgIpc) is 3.14. The Morgan fingerprint density at radius 2 is 1.83 bits per heavy atom. The summed E-state index contributed by atoms with van der Waals surface area (Å²) in [6.07, 6.45) is 1.03. The van der Waals surface area contributed by atoms with Gasteiger partial charge in [0.1, 0.15) is 0 Å². The standard InChI is InChI=1S/C19H28N4S/c1-19(2,17-11-7-14-24-17)15-23-18(20-3)22-13-8-12-21-16-9-5-4-6-10-16/h4-7,9-11,14,21H,8,12-13,15H2,1-3H3,(H2,20,22,23). The summed E-state index contributed by atoms with van der Waals surface area (Å²) >= 11 is 1.80. The van der Waals surface area contributed by atoms with Gasteiger partial charge in [-0.2, -0.15) is 0 Å². The van der Waals surface area contributed by atoms with E-state index in [-0.39, 0.29) is 5.41 Å². The molecular weight excluding hydrogens is 316 g/mol. The van der Waals surface area contributed by atoms with Crippen molar-refractivity contribution < 1.29 is 0 Å². The zero-order valence-electron chi connectivity index (χ0n) is 14.8. The number of hydrogen-bond donors (Lipinski definition) is 3. The summed E-state index contributed by atoms with van der Waals surface area (Å²) in [5.41, 5.74) is 1.26. The maximum Gasteiger partial charge on any atom is 0.191 e. The number of nitrogens with one attached hydrogen (secondary N) is 3. The second-order valence-corrected chi connectivity index (χ2v) is 7.31. The van der Waals surface area contributed by atoms with Crippen molar-refractivity contribution in [1.29, 1.82) is 0 Å². The molecule has 0 aliphatic carbocycles. The summed E-state index contributed by atoms with van der Waals surface area (Å²) in [4.78, 5) is 5.69. The number of thiophene rings is 1. The van der Waals surface area contributed by atoms with Gasteiger partial charge in [0.25, 0.3) is 0 Å². The second-order valence-electron chi connectivity index (χ2n) is 6.36. The van der Waals surface area contributed by atoms with Crippen molar-refractivity contribution in [3.63, 3.8) is 0 Å². The largest absolute Gasteiger partial charge is 0.385 e. The molecule has 0 unspecified atom stereocenters. The minimum absolute atomic E-state index is 0.0979. The van der Waals surface area contributed by atoms with Crippen molar-refractivity contribution >= 4 is 23.0 Å². The summed E-state index contributed by atoms with van der Waals surface area (Å²) in [6, 6.07) is 14.6. The third-order valence-corrected chi connectivity index (χ3v) is 5.09. The van der Waals surface area contributed by atoms with Crippen LogP contribution >= 0.6 is 11.3 Å². The van der Waals surface area contributed by atoms with Crippen LogP contribution in [0.2, 0.25) is 0 Å². The third-order valence-electron chi connectivity index (χ3n) is 3.86. The summed E-state index contributed by atoms with van der Waals surface area (Å²) in [5, 5.41) is 12.3. The van der Waals surface area contributed by atoms with E-state index in [2.05, 4.69) is 64.4 Å². The highest BCUT2D eigenvalue weighted by Crippen LogP contribution is 2.26. The predicted molar refractivity (Wildman–Crippen MR) is 106 cm³/mol. The van der Waals surface area contributed by atoms with E-state index in [1.165, 1.54) is 4.88 Å². The topological polar surface area (TPSA) is 48.5 Å². The molecule has 0 saturated carbocycles. The van der Waals surface area contributed by atoms with Crippen LogP contribution < -0.4 is 16.0 Å². The van der Waals surface area contributed by atoms with Gasteiger partial charge in [-0.05, 0) is 30.0 Å². The normalized spacial score (nSPS) is 12.0. The van der Waals surface area contributed by atoms with E-state index in [1.807, 2.05) is 25.2 Å². The Morgan fingerprint density at radius 3 is 2.50 bits per heavy atom. The first kappa shape index (κ1) is 18.3. The number of nitrogens with zero attached hydrogens (tertiary/aromatic N) is 1. The van der Waals surface area contributed by atoms with Crippen LogP contribution in [0, 0.1) is 0 Å². The van der Waals surface area contributed by atoms with Gasteiger partial charge in [0.05, 0.1) is 0 Å². The van der Waals surface area contributed by atoms with Crippen molar-refractivity contribution in [2.45, 2.75) is 25.7 Å². The monoisotopic (exact) mass is 344 g/mol. The molecule has 1 heterocycles. The molecule has 2 rings (SSSR count). The molecule has 0 amide bonds. The molecule has 0 aliphatic rings. The Balaban J connectivity index is 1.65. The number of guanidine groups is 1. The van der Waals surface area contributed by atoms with Crippen LogP contribution in [-0.2, 0) is 5.41 Å². The first-order valence-corrected chi connectivity index (χ1v) is 9.27. The van der Waals surface area contributed by atoms with Gasteiger partial charge in [0.2, 0.25) is 0 Å². The molecule has 0 radical (unpaired) electrons. The van der Waals surface area contributed by atoms with Crippen LogP contribution in [0.25, 0.3) is 0 Å². The fraction of sp³-hybridized carbons (Fsp3) is 0.421. The highest BCUT2D eigenvalue weighted by atomic mass is 32.1. The summed E-state index contributed by atoms with van der Waals surface area (Å²) in [7, 11) is 1.82. The zero-order valence-corrected chi connectivity index (χ0v) is 15.6. The van der Waals surface area contributed by atoms with E-state index < -0.39 is 0 Å². The predicted octanol–water partition coefficient (Wildman–Crippen LogP) is 3.69. The maximum atomic E-state index is 4.31. The third kappa shape index (κ3) is 5.89. The average molecular weight is 345 g/mol. The van der Waals surface area contributed by atoms with Crippen molar-refractivity contribution in [2.24, 2.45) is 4.99 Å². The molecule has 4 nitrogen and oxygen atoms in total. The molecule has 0 fully saturated rings. The number of hydrogen-bond acceptors (Lipinski definition) is 3. The molecule has 1 aromatic heterocycles. The maximum absolute atomic E-state index is 4.31. The van der Waals surface area contributed by atoms with Crippen LogP contribution in [0.4, 0.5) is 5.69 Å². The summed E-state index contributed by atoms with van der Waals surface area (Å²) < 4.78 is 0. The number of rotatable bonds is 8. The molecule has 1 aromatic carbocycles. The Kier molecular flexibility index (Phi) is 7.12. The number of aliphatic imine (C=N–C) groups is 1. The van der Waals surface area contributed by atoms with Crippen LogP contribution in [0.15, 0.2) is 52.8 Å². The minimum atomic E-state index is 0.0979. The van der Waals surface area contributed by atoms with Gasteiger partial charge in [0, 0.05) is 42.7 Å². The van der Waals surface area contributed by atoms with Crippen LogP contribution in [0.1, 0.15) is 25.1 Å². The number of benzene rings is 1. The van der Waals surface area contributed by atoms with Crippen molar-refractivity contribution in [3.8, 4) is 0 Å². The molecule has 0 bridgehead atoms. The van der Waals surface area contributed by atoms with Gasteiger partial charge in [-0.15, -0.1) is 11.3 Å². The molecule has 3 N–H and O–H groups in total. The van der Waals surface area contributed by atoms with Gasteiger partial charge in [-0.3, -0.25) is 4.99 Å². The van der Waals surface area contributed by atoms with Crippen molar-refractivity contribution in [1.82, 2.24) is 10.6 Å². The number of anilines is 1. The lowest BCUT2D eigenvalue weighted by atomic mass is 9.91. The molecule has 0 saturated heterocycles. The lowest BCUT2D eigenvalue weighted by Crippen LogP contribution is -2.43. The van der Waals surface area contributed by atoms with Gasteiger partial charge in [-0.1, -0.05) is 38.1 Å². The SMILES string of the molecule is CN=C(NCCCNc1ccccc1)NCC(C)(C)c1cccs1. The first-order chi connectivity index (χ1) is 11.6. The van der Waals surface area contributed by atoms with E-state index in [4.69, 9.17) is 0 Å². The van der Waals surface area contributed by atoms with Crippen molar-refractivity contribution in [3.05, 3.63) is 52.7 Å². The van der Waals surface area contributed by atoms with Crippen LogP contribution in [-0.4, -0.2) is 32.6 Å². The smallest absolute Gasteiger partial charge is 0.191 e. The minimum Gasteiger partial charge on any atom is -0.385 e. The Hall–Kier alpha value is -2.01. The lowest BCUT2D eigenvalue weighted by Gasteiger charge is -2.25. The second kappa shape index (κ2) is 9.33. The highest BCUT2D eigenvalue weighted by molar-refractivity contribution is 7.10. The van der Waals surface area contributed by atoms with Gasteiger partial charge in [-0.25, -0.2) is 0 Å². The van der Waals surface area contributed by atoms with Gasteiger partial charge in [0.15, 0.2) is 5.96 Å². The summed E-state index contributed by atoms with van der Waals surface area (Å²) in [6.45, 7) is 7.19.